The first-order chi connectivity index (χ1) is 8.20. The van der Waals surface area contributed by atoms with Gasteiger partial charge in [0.1, 0.15) is 5.75 Å². The van der Waals surface area contributed by atoms with Crippen molar-refractivity contribution in [3.05, 3.63) is 52.1 Å². The SMILES string of the molecule is Cc1nc(Oc2ccccc2CO)ccc1Br. The Morgan fingerprint density at radius 2 is 2.00 bits per heavy atom. The molecule has 0 saturated carbocycles. The van der Waals surface area contributed by atoms with Crippen molar-refractivity contribution in [3.8, 4) is 11.6 Å². The number of aliphatic hydroxyl groups is 1. The van der Waals surface area contributed by atoms with Gasteiger partial charge in [0.15, 0.2) is 0 Å². The zero-order valence-corrected chi connectivity index (χ0v) is 10.9. The first-order valence-electron chi connectivity index (χ1n) is 5.20. The molecule has 1 aromatic carbocycles. The lowest BCUT2D eigenvalue weighted by molar-refractivity contribution is 0.276. The lowest BCUT2D eigenvalue weighted by atomic mass is 10.2. The molecule has 0 aliphatic heterocycles. The molecule has 0 fully saturated rings. The summed E-state index contributed by atoms with van der Waals surface area (Å²) in [7, 11) is 0. The highest BCUT2D eigenvalue weighted by atomic mass is 79.9. The molecule has 0 spiro atoms. The molecule has 0 unspecified atom stereocenters. The van der Waals surface area contributed by atoms with Crippen molar-refractivity contribution in [2.45, 2.75) is 13.5 Å². The largest absolute Gasteiger partial charge is 0.439 e. The fourth-order valence-corrected chi connectivity index (χ4v) is 1.65. The highest BCUT2D eigenvalue weighted by molar-refractivity contribution is 9.10. The van der Waals surface area contributed by atoms with E-state index in [1.807, 2.05) is 37.3 Å². The van der Waals surface area contributed by atoms with Crippen molar-refractivity contribution in [3.63, 3.8) is 0 Å². The number of nitrogens with zero attached hydrogens (tertiary/aromatic N) is 1. The van der Waals surface area contributed by atoms with Crippen LogP contribution in [0.1, 0.15) is 11.3 Å². The molecule has 17 heavy (non-hydrogen) atoms. The molecule has 1 N–H and O–H groups in total. The van der Waals surface area contributed by atoms with Crippen LogP contribution < -0.4 is 4.74 Å². The standard InChI is InChI=1S/C13H12BrNO2/c1-9-11(14)6-7-13(15-9)17-12-5-3-2-4-10(12)8-16/h2-7,16H,8H2,1H3. The molecule has 0 atom stereocenters. The number of hydrogen-bond acceptors (Lipinski definition) is 3. The average Bonchev–Trinajstić information content (AvgIpc) is 2.34. The van der Waals surface area contributed by atoms with E-state index < -0.39 is 0 Å². The Morgan fingerprint density at radius 1 is 1.24 bits per heavy atom. The van der Waals surface area contributed by atoms with Gasteiger partial charge in [-0.1, -0.05) is 18.2 Å². The third-order valence-corrected chi connectivity index (χ3v) is 3.19. The van der Waals surface area contributed by atoms with Crippen LogP contribution in [-0.4, -0.2) is 10.1 Å². The van der Waals surface area contributed by atoms with Gasteiger partial charge in [-0.2, -0.15) is 0 Å². The van der Waals surface area contributed by atoms with Gasteiger partial charge in [-0.25, -0.2) is 4.98 Å². The second-order valence-electron chi connectivity index (χ2n) is 3.58. The van der Waals surface area contributed by atoms with E-state index in [0.29, 0.717) is 11.6 Å². The molecule has 0 aliphatic rings. The predicted octanol–water partition coefficient (Wildman–Crippen LogP) is 3.44. The zero-order valence-electron chi connectivity index (χ0n) is 9.35. The Kier molecular flexibility index (Phi) is 3.76. The van der Waals surface area contributed by atoms with Crippen LogP contribution in [0.25, 0.3) is 0 Å². The van der Waals surface area contributed by atoms with Gasteiger partial charge in [-0.3, -0.25) is 0 Å². The van der Waals surface area contributed by atoms with E-state index in [4.69, 9.17) is 4.74 Å². The molecule has 1 heterocycles. The fourth-order valence-electron chi connectivity index (χ4n) is 1.42. The number of halogens is 1. The number of aromatic nitrogens is 1. The number of ether oxygens (including phenoxy) is 1. The second-order valence-corrected chi connectivity index (χ2v) is 4.44. The van der Waals surface area contributed by atoms with Gasteiger partial charge >= 0.3 is 0 Å². The van der Waals surface area contributed by atoms with Gasteiger partial charge in [0.2, 0.25) is 5.88 Å². The van der Waals surface area contributed by atoms with Gasteiger partial charge in [0, 0.05) is 16.1 Å². The van der Waals surface area contributed by atoms with Crippen molar-refractivity contribution in [2.24, 2.45) is 0 Å². The second kappa shape index (κ2) is 5.29. The van der Waals surface area contributed by atoms with Gasteiger partial charge < -0.3 is 9.84 Å². The number of rotatable bonds is 3. The van der Waals surface area contributed by atoms with Crippen molar-refractivity contribution < 1.29 is 9.84 Å². The number of para-hydroxylation sites is 1. The zero-order chi connectivity index (χ0) is 12.3. The van der Waals surface area contributed by atoms with E-state index in [1.165, 1.54) is 0 Å². The third kappa shape index (κ3) is 2.84. The number of aryl methyl sites for hydroxylation is 1. The quantitative estimate of drug-likeness (QED) is 0.943. The average molecular weight is 294 g/mol. The molecule has 0 saturated heterocycles. The first kappa shape index (κ1) is 12.1. The number of aliphatic hydroxyl groups excluding tert-OH is 1. The van der Waals surface area contributed by atoms with Gasteiger partial charge in [-0.15, -0.1) is 0 Å². The normalized spacial score (nSPS) is 10.3. The molecule has 2 aromatic rings. The summed E-state index contributed by atoms with van der Waals surface area (Å²) in [5, 5.41) is 9.19. The van der Waals surface area contributed by atoms with Gasteiger partial charge in [-0.05, 0) is 35.0 Å². The Labute approximate surface area is 108 Å². The van der Waals surface area contributed by atoms with Crippen LogP contribution in [0.5, 0.6) is 11.6 Å². The summed E-state index contributed by atoms with van der Waals surface area (Å²) in [6, 6.07) is 11.0. The topological polar surface area (TPSA) is 42.4 Å². The summed E-state index contributed by atoms with van der Waals surface area (Å²) in [6.45, 7) is 1.85. The molecule has 2 rings (SSSR count). The first-order valence-corrected chi connectivity index (χ1v) is 6.00. The summed E-state index contributed by atoms with van der Waals surface area (Å²) in [5.41, 5.74) is 1.61. The molecule has 4 heteroatoms. The van der Waals surface area contributed by atoms with Crippen LogP contribution in [-0.2, 0) is 6.61 Å². The lowest BCUT2D eigenvalue weighted by Crippen LogP contribution is -1.94. The summed E-state index contributed by atoms with van der Waals surface area (Å²) in [4.78, 5) is 4.29. The minimum atomic E-state index is -0.0499. The number of pyridine rings is 1. The number of hydrogen-bond donors (Lipinski definition) is 1. The van der Waals surface area contributed by atoms with Gasteiger partial charge in [0.25, 0.3) is 0 Å². The van der Waals surface area contributed by atoms with E-state index >= 15 is 0 Å². The van der Waals surface area contributed by atoms with E-state index in [2.05, 4.69) is 20.9 Å². The van der Waals surface area contributed by atoms with E-state index in [0.717, 1.165) is 15.7 Å². The summed E-state index contributed by atoms with van der Waals surface area (Å²) >= 11 is 3.38. The Bertz CT molecular complexity index is 529. The smallest absolute Gasteiger partial charge is 0.219 e. The molecule has 88 valence electrons. The Morgan fingerprint density at radius 3 is 2.71 bits per heavy atom. The van der Waals surface area contributed by atoms with E-state index in [9.17, 15) is 5.11 Å². The number of benzene rings is 1. The summed E-state index contributed by atoms with van der Waals surface area (Å²) < 4.78 is 6.59. The van der Waals surface area contributed by atoms with Crippen LogP contribution in [0.3, 0.4) is 0 Å². The maximum atomic E-state index is 9.19. The van der Waals surface area contributed by atoms with Crippen molar-refractivity contribution in [2.75, 3.05) is 0 Å². The maximum absolute atomic E-state index is 9.19. The van der Waals surface area contributed by atoms with Crippen LogP contribution in [0.15, 0.2) is 40.9 Å². The minimum Gasteiger partial charge on any atom is -0.439 e. The fraction of sp³-hybridized carbons (Fsp3) is 0.154. The predicted molar refractivity (Wildman–Crippen MR) is 69.1 cm³/mol. The maximum Gasteiger partial charge on any atom is 0.219 e. The van der Waals surface area contributed by atoms with Crippen LogP contribution >= 0.6 is 15.9 Å². The highest BCUT2D eigenvalue weighted by Crippen LogP contribution is 2.25. The van der Waals surface area contributed by atoms with Gasteiger partial charge in [0.05, 0.1) is 12.3 Å². The minimum absolute atomic E-state index is 0.0499. The van der Waals surface area contributed by atoms with Crippen LogP contribution in [0.2, 0.25) is 0 Å². The Hall–Kier alpha value is -1.39. The molecule has 0 radical (unpaired) electrons. The van der Waals surface area contributed by atoms with E-state index in [1.54, 1.807) is 6.07 Å². The molecular weight excluding hydrogens is 282 g/mol. The van der Waals surface area contributed by atoms with Crippen molar-refractivity contribution >= 4 is 15.9 Å². The monoisotopic (exact) mass is 293 g/mol. The van der Waals surface area contributed by atoms with E-state index in [-0.39, 0.29) is 6.61 Å². The molecule has 0 aliphatic carbocycles. The molecule has 3 nitrogen and oxygen atoms in total. The third-order valence-electron chi connectivity index (χ3n) is 2.35. The summed E-state index contributed by atoms with van der Waals surface area (Å²) in [6.07, 6.45) is 0. The molecular formula is C13H12BrNO2. The van der Waals surface area contributed by atoms with Crippen molar-refractivity contribution in [1.29, 1.82) is 0 Å². The molecule has 0 amide bonds. The highest BCUT2D eigenvalue weighted by Gasteiger charge is 2.05. The Balaban J connectivity index is 2.28. The molecule has 0 bridgehead atoms. The van der Waals surface area contributed by atoms with Crippen LogP contribution in [0.4, 0.5) is 0 Å². The van der Waals surface area contributed by atoms with Crippen LogP contribution in [0, 0.1) is 6.92 Å². The lowest BCUT2D eigenvalue weighted by Gasteiger charge is -2.09. The molecule has 1 aromatic heterocycles. The van der Waals surface area contributed by atoms with Crippen molar-refractivity contribution in [1.82, 2.24) is 4.98 Å². The summed E-state index contributed by atoms with van der Waals surface area (Å²) in [5.74, 6) is 1.15.